The van der Waals surface area contributed by atoms with Crippen LogP contribution in [-0.2, 0) is 14.8 Å². The van der Waals surface area contributed by atoms with Gasteiger partial charge < -0.3 is 15.4 Å². The van der Waals surface area contributed by atoms with Crippen LogP contribution in [0, 0.1) is 5.82 Å². The number of hydrogen-bond acceptors (Lipinski definition) is 5. The van der Waals surface area contributed by atoms with Crippen LogP contribution >= 0.6 is 0 Å². The van der Waals surface area contributed by atoms with Gasteiger partial charge in [-0.15, -0.1) is 0 Å². The van der Waals surface area contributed by atoms with Crippen molar-refractivity contribution in [2.24, 2.45) is 0 Å². The molecule has 2 rings (SSSR count). The van der Waals surface area contributed by atoms with Gasteiger partial charge in [-0.3, -0.25) is 4.79 Å². The van der Waals surface area contributed by atoms with Gasteiger partial charge in [0.2, 0.25) is 10.0 Å². The predicted molar refractivity (Wildman–Crippen MR) is 96.3 cm³/mol. The first-order valence-corrected chi connectivity index (χ1v) is 10.0. The molecule has 0 atom stereocenters. The maximum Gasteiger partial charge on any atom is 0.407 e. The molecular formula is C17H24FN3O5S. The number of carbonyl (C=O) groups is 2. The van der Waals surface area contributed by atoms with E-state index in [-0.39, 0.29) is 24.7 Å². The number of alkyl carbamates (subject to hydrolysis) is 1. The van der Waals surface area contributed by atoms with Crippen molar-refractivity contribution in [1.29, 1.82) is 0 Å². The molecule has 1 saturated carbocycles. The minimum absolute atomic E-state index is 0.00448. The molecule has 0 heterocycles. The van der Waals surface area contributed by atoms with Crippen LogP contribution in [0.5, 0.6) is 0 Å². The molecule has 0 radical (unpaired) electrons. The Bertz CT molecular complexity index is 816. The van der Waals surface area contributed by atoms with Crippen molar-refractivity contribution in [1.82, 2.24) is 15.4 Å². The molecule has 1 aliphatic rings. The number of amides is 2. The van der Waals surface area contributed by atoms with E-state index in [1.54, 1.807) is 20.8 Å². The molecule has 10 heteroatoms. The number of ether oxygens (including phenoxy) is 1. The van der Waals surface area contributed by atoms with Crippen molar-refractivity contribution < 1.29 is 27.1 Å². The van der Waals surface area contributed by atoms with E-state index in [4.69, 9.17) is 4.74 Å². The summed E-state index contributed by atoms with van der Waals surface area (Å²) in [6.45, 7) is 5.40. The lowest BCUT2D eigenvalue weighted by molar-refractivity contribution is 0.0526. The minimum Gasteiger partial charge on any atom is -0.444 e. The van der Waals surface area contributed by atoms with Crippen LogP contribution in [0.2, 0.25) is 0 Å². The summed E-state index contributed by atoms with van der Waals surface area (Å²) in [6, 6.07) is 2.96. The Labute approximate surface area is 157 Å². The van der Waals surface area contributed by atoms with Crippen LogP contribution < -0.4 is 15.4 Å². The zero-order chi connectivity index (χ0) is 20.2. The van der Waals surface area contributed by atoms with Gasteiger partial charge in [-0.2, -0.15) is 0 Å². The summed E-state index contributed by atoms with van der Waals surface area (Å²) in [6.07, 6.45) is 0.815. The highest BCUT2D eigenvalue weighted by Crippen LogP contribution is 2.24. The topological polar surface area (TPSA) is 114 Å². The number of carbonyl (C=O) groups excluding carboxylic acids is 2. The maximum atomic E-state index is 13.9. The zero-order valence-corrected chi connectivity index (χ0v) is 16.3. The van der Waals surface area contributed by atoms with Crippen molar-refractivity contribution in [3.05, 3.63) is 29.6 Å². The van der Waals surface area contributed by atoms with Gasteiger partial charge in [0.25, 0.3) is 5.91 Å². The number of rotatable bonds is 7. The average Bonchev–Trinajstić information content (AvgIpc) is 3.33. The lowest BCUT2D eigenvalue weighted by Crippen LogP contribution is -2.38. The molecule has 0 aliphatic heterocycles. The fraction of sp³-hybridized carbons (Fsp3) is 0.529. The van der Waals surface area contributed by atoms with Crippen LogP contribution in [0.3, 0.4) is 0 Å². The highest BCUT2D eigenvalue weighted by molar-refractivity contribution is 7.89. The lowest BCUT2D eigenvalue weighted by atomic mass is 10.2. The number of hydrogen-bond donors (Lipinski definition) is 3. The van der Waals surface area contributed by atoms with E-state index in [0.29, 0.717) is 12.8 Å². The summed E-state index contributed by atoms with van der Waals surface area (Å²) in [5.41, 5.74) is -0.623. The summed E-state index contributed by atoms with van der Waals surface area (Å²) in [5.74, 6) is -1.50. The van der Waals surface area contributed by atoms with Crippen LogP contribution in [0.1, 0.15) is 44.0 Å². The normalized spacial score (nSPS) is 14.5. The largest absolute Gasteiger partial charge is 0.444 e. The monoisotopic (exact) mass is 401 g/mol. The second-order valence-electron chi connectivity index (χ2n) is 7.23. The molecule has 2 amide bonds. The fourth-order valence-corrected chi connectivity index (χ4v) is 3.50. The average molecular weight is 401 g/mol. The number of benzene rings is 1. The van der Waals surface area contributed by atoms with Gasteiger partial charge in [0.1, 0.15) is 16.3 Å². The Kier molecular flexibility index (Phi) is 6.42. The first-order chi connectivity index (χ1) is 12.5. The van der Waals surface area contributed by atoms with E-state index >= 15 is 0 Å². The van der Waals surface area contributed by atoms with Gasteiger partial charge in [0.15, 0.2) is 0 Å². The number of nitrogens with one attached hydrogen (secondary N) is 3. The van der Waals surface area contributed by atoms with Crippen molar-refractivity contribution in [3.8, 4) is 0 Å². The Hall–Kier alpha value is -2.20. The first kappa shape index (κ1) is 21.1. The number of sulfonamides is 1. The molecule has 0 bridgehead atoms. The molecule has 1 aromatic carbocycles. The Morgan fingerprint density at radius 1 is 1.19 bits per heavy atom. The maximum absolute atomic E-state index is 13.9. The molecular weight excluding hydrogens is 377 g/mol. The molecule has 1 aromatic rings. The molecule has 0 aromatic heterocycles. The van der Waals surface area contributed by atoms with Gasteiger partial charge >= 0.3 is 6.09 Å². The summed E-state index contributed by atoms with van der Waals surface area (Å²) < 4.78 is 45.7. The van der Waals surface area contributed by atoms with Crippen molar-refractivity contribution in [2.45, 2.75) is 50.2 Å². The Balaban J connectivity index is 1.91. The third kappa shape index (κ3) is 6.79. The SMILES string of the molecule is CC(C)(C)OC(=O)NCCNC(=O)c1ccc(F)c(S(=O)(=O)NC2CC2)c1. The predicted octanol–water partition coefficient (Wildman–Crippen LogP) is 1.52. The Morgan fingerprint density at radius 3 is 2.41 bits per heavy atom. The molecule has 150 valence electrons. The minimum atomic E-state index is -4.02. The van der Waals surface area contributed by atoms with E-state index in [1.165, 1.54) is 6.07 Å². The highest BCUT2D eigenvalue weighted by Gasteiger charge is 2.30. The zero-order valence-electron chi connectivity index (χ0n) is 15.5. The van der Waals surface area contributed by atoms with E-state index in [0.717, 1.165) is 12.1 Å². The summed E-state index contributed by atoms with van der Waals surface area (Å²) in [4.78, 5) is 23.1. The van der Waals surface area contributed by atoms with Gasteiger partial charge in [-0.25, -0.2) is 22.3 Å². The van der Waals surface area contributed by atoms with Crippen LogP contribution in [0.25, 0.3) is 0 Å². The number of halogens is 1. The van der Waals surface area contributed by atoms with Crippen molar-refractivity contribution >= 4 is 22.0 Å². The van der Waals surface area contributed by atoms with E-state index in [9.17, 15) is 22.4 Å². The molecule has 1 aliphatic carbocycles. The molecule has 0 spiro atoms. The summed E-state index contributed by atoms with van der Waals surface area (Å²) in [5, 5.41) is 5.00. The van der Waals surface area contributed by atoms with Crippen LogP contribution in [-0.4, -0.2) is 45.2 Å². The highest BCUT2D eigenvalue weighted by atomic mass is 32.2. The molecule has 1 fully saturated rings. The molecule has 3 N–H and O–H groups in total. The molecule has 27 heavy (non-hydrogen) atoms. The van der Waals surface area contributed by atoms with Gasteiger partial charge in [-0.1, -0.05) is 0 Å². The van der Waals surface area contributed by atoms with Crippen molar-refractivity contribution in [3.63, 3.8) is 0 Å². The summed E-state index contributed by atoms with van der Waals surface area (Å²) >= 11 is 0. The second kappa shape index (κ2) is 8.22. The fourth-order valence-electron chi connectivity index (χ4n) is 2.09. The van der Waals surface area contributed by atoms with Gasteiger partial charge in [0.05, 0.1) is 0 Å². The summed E-state index contributed by atoms with van der Waals surface area (Å²) in [7, 11) is -4.02. The smallest absolute Gasteiger partial charge is 0.407 e. The van der Waals surface area contributed by atoms with Crippen molar-refractivity contribution in [2.75, 3.05) is 13.1 Å². The van der Waals surface area contributed by atoms with Crippen LogP contribution in [0.15, 0.2) is 23.1 Å². The molecule has 8 nitrogen and oxygen atoms in total. The second-order valence-corrected chi connectivity index (χ2v) is 8.91. The first-order valence-electron chi connectivity index (χ1n) is 8.55. The lowest BCUT2D eigenvalue weighted by Gasteiger charge is -2.19. The molecule has 0 saturated heterocycles. The quantitative estimate of drug-likeness (QED) is 0.600. The van der Waals surface area contributed by atoms with Gasteiger partial charge in [-0.05, 0) is 51.8 Å². The Morgan fingerprint density at radius 2 is 1.81 bits per heavy atom. The van der Waals surface area contributed by atoms with E-state index < -0.39 is 38.3 Å². The van der Waals surface area contributed by atoms with E-state index in [2.05, 4.69) is 15.4 Å². The third-order valence-corrected chi connectivity index (χ3v) is 5.00. The van der Waals surface area contributed by atoms with E-state index in [1.807, 2.05) is 0 Å². The third-order valence-electron chi connectivity index (χ3n) is 3.46. The van der Waals surface area contributed by atoms with Crippen LogP contribution in [0.4, 0.5) is 9.18 Å². The molecule has 0 unspecified atom stereocenters. The van der Waals surface area contributed by atoms with Gasteiger partial charge in [0, 0.05) is 24.7 Å². The standard InChI is InChI=1S/C17H24FN3O5S/c1-17(2,3)26-16(23)20-9-8-19-15(22)11-4-7-13(18)14(10-11)27(24,25)21-12-5-6-12/h4,7,10,12,21H,5-6,8-9H2,1-3H3,(H,19,22)(H,20,23).